The molecule has 14 heavy (non-hydrogen) atoms. The summed E-state index contributed by atoms with van der Waals surface area (Å²) in [5, 5.41) is 0. The topological polar surface area (TPSA) is 18.5 Å². The average Bonchev–Trinajstić information content (AvgIpc) is 1.79. The quantitative estimate of drug-likeness (QED) is 0.524. The van der Waals surface area contributed by atoms with Crippen LogP contribution in [-0.4, -0.2) is 13.9 Å². The van der Waals surface area contributed by atoms with E-state index in [9.17, 15) is 0 Å². The van der Waals surface area contributed by atoms with Crippen molar-refractivity contribution in [1.82, 2.24) is 0 Å². The molecule has 0 heterocycles. The van der Waals surface area contributed by atoms with Gasteiger partial charge in [0.2, 0.25) is 0 Å². The fraction of sp³-hybridized carbons (Fsp3) is 0.818. The molecule has 0 rings (SSSR count). The monoisotopic (exact) mass is 216 g/mol. The Labute approximate surface area is 89.4 Å². The minimum absolute atomic E-state index is 0.224. The minimum atomic E-state index is -1.67. The van der Waals surface area contributed by atoms with E-state index in [2.05, 4.69) is 33.5 Å². The third-order valence-corrected chi connectivity index (χ3v) is 5.72. The highest BCUT2D eigenvalue weighted by atomic mass is 28.4. The second-order valence-electron chi connectivity index (χ2n) is 5.45. The molecule has 0 saturated heterocycles. The molecule has 0 aliphatic rings. The van der Waals surface area contributed by atoms with Crippen LogP contribution in [0.4, 0.5) is 0 Å². The van der Waals surface area contributed by atoms with Crippen LogP contribution in [0, 0.1) is 0 Å². The van der Waals surface area contributed by atoms with Crippen LogP contribution in [0.1, 0.15) is 34.6 Å². The first-order valence-electron chi connectivity index (χ1n) is 5.11. The Bertz CT molecular complexity index is 202. The van der Waals surface area contributed by atoms with Crippen LogP contribution < -0.4 is 0 Å². The Morgan fingerprint density at radius 2 is 1.64 bits per heavy atom. The molecular weight excluding hydrogens is 192 g/mol. The SMILES string of the molecule is C=C(OC(C)(C)C)O[Si](C)(C)C(C)C. The van der Waals surface area contributed by atoms with E-state index in [1.807, 2.05) is 20.8 Å². The van der Waals surface area contributed by atoms with E-state index in [4.69, 9.17) is 9.16 Å². The van der Waals surface area contributed by atoms with Gasteiger partial charge in [-0.15, -0.1) is 0 Å². The summed E-state index contributed by atoms with van der Waals surface area (Å²) in [4.78, 5) is 0. The number of ether oxygens (including phenoxy) is 1. The standard InChI is InChI=1S/C11H24O2Si/c1-9(2)14(7,8)13-10(3)12-11(4,5)6/h9H,3H2,1-2,4-8H3. The Morgan fingerprint density at radius 3 is 1.93 bits per heavy atom. The lowest BCUT2D eigenvalue weighted by Gasteiger charge is -2.31. The lowest BCUT2D eigenvalue weighted by atomic mass is 10.2. The van der Waals surface area contributed by atoms with Crippen molar-refractivity contribution in [2.24, 2.45) is 0 Å². The average molecular weight is 216 g/mol. The molecule has 0 N–H and O–H groups in total. The van der Waals surface area contributed by atoms with Gasteiger partial charge in [0.25, 0.3) is 14.3 Å². The molecule has 0 saturated carbocycles. The van der Waals surface area contributed by atoms with E-state index in [0.29, 0.717) is 11.5 Å². The molecule has 0 aromatic carbocycles. The third kappa shape index (κ3) is 5.32. The molecule has 0 fully saturated rings. The summed E-state index contributed by atoms with van der Waals surface area (Å²) < 4.78 is 11.3. The van der Waals surface area contributed by atoms with Gasteiger partial charge in [-0.25, -0.2) is 0 Å². The third-order valence-electron chi connectivity index (χ3n) is 2.19. The van der Waals surface area contributed by atoms with Gasteiger partial charge < -0.3 is 9.16 Å². The first-order chi connectivity index (χ1) is 6.04. The van der Waals surface area contributed by atoms with Gasteiger partial charge in [0.1, 0.15) is 5.60 Å². The zero-order chi connectivity index (χ0) is 11.6. The molecular formula is C11H24O2Si. The van der Waals surface area contributed by atoms with Gasteiger partial charge in [0.05, 0.1) is 0 Å². The zero-order valence-corrected chi connectivity index (χ0v) is 11.6. The van der Waals surface area contributed by atoms with Crippen LogP contribution in [0.15, 0.2) is 12.5 Å². The van der Waals surface area contributed by atoms with Crippen molar-refractivity contribution in [2.75, 3.05) is 0 Å². The molecule has 0 spiro atoms. The minimum Gasteiger partial charge on any atom is -0.520 e. The second kappa shape index (κ2) is 4.38. The summed E-state index contributed by atoms with van der Waals surface area (Å²) >= 11 is 0. The van der Waals surface area contributed by atoms with Crippen LogP contribution in [0.25, 0.3) is 0 Å². The van der Waals surface area contributed by atoms with E-state index in [-0.39, 0.29) is 5.60 Å². The van der Waals surface area contributed by atoms with Crippen molar-refractivity contribution < 1.29 is 9.16 Å². The van der Waals surface area contributed by atoms with Crippen molar-refractivity contribution >= 4 is 8.32 Å². The molecule has 0 aromatic heterocycles. The number of hydrogen-bond acceptors (Lipinski definition) is 2. The van der Waals surface area contributed by atoms with Gasteiger partial charge in [0.15, 0.2) is 0 Å². The van der Waals surface area contributed by atoms with E-state index < -0.39 is 8.32 Å². The van der Waals surface area contributed by atoms with E-state index in [1.54, 1.807) is 0 Å². The maximum Gasteiger partial charge on any atom is 0.258 e. The van der Waals surface area contributed by atoms with Crippen LogP contribution in [-0.2, 0) is 9.16 Å². The maximum atomic E-state index is 5.80. The highest BCUT2D eigenvalue weighted by molar-refractivity contribution is 6.72. The van der Waals surface area contributed by atoms with Crippen molar-refractivity contribution in [3.63, 3.8) is 0 Å². The van der Waals surface area contributed by atoms with Gasteiger partial charge in [-0.3, -0.25) is 0 Å². The van der Waals surface area contributed by atoms with Gasteiger partial charge in [-0.05, 0) is 46.0 Å². The molecule has 0 unspecified atom stereocenters. The second-order valence-corrected chi connectivity index (χ2v) is 10.0. The largest absolute Gasteiger partial charge is 0.520 e. The lowest BCUT2D eigenvalue weighted by Crippen LogP contribution is -2.35. The highest BCUT2D eigenvalue weighted by Crippen LogP contribution is 2.25. The summed E-state index contributed by atoms with van der Waals surface area (Å²) in [6.07, 6.45) is 0. The summed E-state index contributed by atoms with van der Waals surface area (Å²) in [7, 11) is -1.67. The van der Waals surface area contributed by atoms with Crippen molar-refractivity contribution in [3.05, 3.63) is 12.5 Å². The van der Waals surface area contributed by atoms with E-state index in [0.717, 1.165) is 0 Å². The van der Waals surface area contributed by atoms with Crippen molar-refractivity contribution in [1.29, 1.82) is 0 Å². The van der Waals surface area contributed by atoms with Gasteiger partial charge in [0, 0.05) is 0 Å². The normalized spacial score (nSPS) is 12.9. The van der Waals surface area contributed by atoms with E-state index >= 15 is 0 Å². The van der Waals surface area contributed by atoms with Gasteiger partial charge in [-0.1, -0.05) is 13.8 Å². The molecule has 0 atom stereocenters. The summed E-state index contributed by atoms with van der Waals surface area (Å²) in [6.45, 7) is 18.5. The fourth-order valence-corrected chi connectivity index (χ4v) is 1.64. The van der Waals surface area contributed by atoms with E-state index in [1.165, 1.54) is 0 Å². The molecule has 0 amide bonds. The van der Waals surface area contributed by atoms with Crippen LogP contribution in [0.5, 0.6) is 0 Å². The summed E-state index contributed by atoms with van der Waals surface area (Å²) in [6, 6.07) is 0. The van der Waals surface area contributed by atoms with Crippen LogP contribution in [0.3, 0.4) is 0 Å². The van der Waals surface area contributed by atoms with Gasteiger partial charge in [-0.2, -0.15) is 0 Å². The molecule has 0 bridgehead atoms. The summed E-state index contributed by atoms with van der Waals surface area (Å²) in [5.41, 5.74) is 0.334. The van der Waals surface area contributed by atoms with Crippen LogP contribution >= 0.6 is 0 Å². The highest BCUT2D eigenvalue weighted by Gasteiger charge is 2.30. The smallest absolute Gasteiger partial charge is 0.258 e. The predicted molar refractivity (Wildman–Crippen MR) is 63.6 cm³/mol. The predicted octanol–water partition coefficient (Wildman–Crippen LogP) is 3.90. The zero-order valence-electron chi connectivity index (χ0n) is 10.6. The van der Waals surface area contributed by atoms with Crippen molar-refractivity contribution in [3.8, 4) is 0 Å². The summed E-state index contributed by atoms with van der Waals surface area (Å²) in [5.74, 6) is 0.461. The Kier molecular flexibility index (Phi) is 4.25. The van der Waals surface area contributed by atoms with Crippen molar-refractivity contribution in [2.45, 2.75) is 58.9 Å². The molecule has 0 aromatic rings. The molecule has 84 valence electrons. The molecule has 2 nitrogen and oxygen atoms in total. The first kappa shape index (κ1) is 13.6. The van der Waals surface area contributed by atoms with Crippen LogP contribution in [0.2, 0.25) is 18.6 Å². The maximum absolute atomic E-state index is 5.80. The molecule has 0 radical (unpaired) electrons. The molecule has 0 aliphatic heterocycles. The van der Waals surface area contributed by atoms with Gasteiger partial charge >= 0.3 is 0 Å². The first-order valence-corrected chi connectivity index (χ1v) is 8.10. The Morgan fingerprint density at radius 1 is 1.21 bits per heavy atom. The Balaban J connectivity index is 4.20. The molecule has 0 aliphatic carbocycles. The number of hydrogen-bond donors (Lipinski definition) is 0. The fourth-order valence-electron chi connectivity index (χ4n) is 0.774. The number of rotatable bonds is 4. The lowest BCUT2D eigenvalue weighted by molar-refractivity contribution is -0.00779. The Hall–Kier alpha value is -0.443. The molecule has 3 heteroatoms.